The zero-order chi connectivity index (χ0) is 15.1. The van der Waals surface area contributed by atoms with E-state index in [9.17, 15) is 0 Å². The third-order valence-corrected chi connectivity index (χ3v) is 3.99. The van der Waals surface area contributed by atoms with E-state index in [4.69, 9.17) is 5.11 Å². The lowest BCUT2D eigenvalue weighted by Crippen LogP contribution is -2.33. The fourth-order valence-electron chi connectivity index (χ4n) is 2.87. The van der Waals surface area contributed by atoms with Crippen LogP contribution in [0, 0.1) is 6.92 Å². The lowest BCUT2D eigenvalue weighted by atomic mass is 10.2. The molecule has 5 nitrogen and oxygen atoms in total. The maximum atomic E-state index is 9.07. The third-order valence-electron chi connectivity index (χ3n) is 3.99. The molecule has 0 spiro atoms. The van der Waals surface area contributed by atoms with Crippen LogP contribution in [0.4, 0.5) is 5.82 Å². The molecular weight excluding hydrogens is 264 g/mol. The molecule has 2 N–H and O–H groups in total. The number of aliphatic hydroxyl groups excluding tert-OH is 1. The fourth-order valence-corrected chi connectivity index (χ4v) is 2.87. The number of β-amino-alcohol motifs (C(OH)–C–C–N with tert-alkyl or cyclic N) is 1. The first kappa shape index (κ1) is 16.2. The summed E-state index contributed by atoms with van der Waals surface area (Å²) in [6.45, 7) is 11.2. The Labute approximate surface area is 128 Å². The van der Waals surface area contributed by atoms with E-state index < -0.39 is 0 Å². The highest BCUT2D eigenvalue weighted by Gasteiger charge is 2.17. The minimum absolute atomic E-state index is 0.246. The summed E-state index contributed by atoms with van der Waals surface area (Å²) in [5, 5.41) is 12.4. The molecular formula is C16H28N4O. The van der Waals surface area contributed by atoms with Gasteiger partial charge in [0.15, 0.2) is 0 Å². The average molecular weight is 292 g/mol. The number of nitrogens with zero attached hydrogens (tertiary/aromatic N) is 3. The summed E-state index contributed by atoms with van der Waals surface area (Å²) in [4.78, 5) is 9.39. The van der Waals surface area contributed by atoms with E-state index in [2.05, 4.69) is 40.0 Å². The molecule has 1 aromatic rings. The zero-order valence-electron chi connectivity index (χ0n) is 13.3. The molecule has 1 aliphatic heterocycles. The molecule has 0 amide bonds. The summed E-state index contributed by atoms with van der Waals surface area (Å²) >= 11 is 0. The first-order chi connectivity index (χ1) is 10.2. The Morgan fingerprint density at radius 2 is 2.14 bits per heavy atom. The van der Waals surface area contributed by atoms with Crippen molar-refractivity contribution in [3.8, 4) is 0 Å². The number of rotatable bonds is 6. The second-order valence-electron chi connectivity index (χ2n) is 5.67. The Bertz CT molecular complexity index is 438. The van der Waals surface area contributed by atoms with Crippen molar-refractivity contribution in [3.63, 3.8) is 0 Å². The van der Waals surface area contributed by atoms with E-state index in [1.165, 1.54) is 11.1 Å². The number of nitrogens with one attached hydrogen (secondary N) is 1. The predicted molar refractivity (Wildman–Crippen MR) is 86.7 cm³/mol. The van der Waals surface area contributed by atoms with Gasteiger partial charge in [-0.05, 0) is 43.6 Å². The van der Waals surface area contributed by atoms with E-state index in [1.54, 1.807) is 0 Å². The average Bonchev–Trinajstić information content (AvgIpc) is 2.71. The summed E-state index contributed by atoms with van der Waals surface area (Å²) in [5.41, 5.74) is 2.50. The monoisotopic (exact) mass is 292 g/mol. The third kappa shape index (κ3) is 4.66. The molecule has 0 bridgehead atoms. The largest absolute Gasteiger partial charge is 0.395 e. The van der Waals surface area contributed by atoms with Gasteiger partial charge in [-0.3, -0.25) is 4.90 Å². The Morgan fingerprint density at radius 1 is 1.29 bits per heavy atom. The molecule has 0 aliphatic carbocycles. The minimum Gasteiger partial charge on any atom is -0.395 e. The van der Waals surface area contributed by atoms with Crippen molar-refractivity contribution < 1.29 is 5.11 Å². The lowest BCUT2D eigenvalue weighted by molar-refractivity contribution is 0.204. The first-order valence-corrected chi connectivity index (χ1v) is 7.99. The molecule has 0 radical (unpaired) electrons. The molecule has 1 saturated heterocycles. The molecule has 0 aromatic carbocycles. The molecule has 21 heavy (non-hydrogen) atoms. The van der Waals surface area contributed by atoms with Crippen molar-refractivity contribution in [3.05, 3.63) is 23.4 Å². The minimum atomic E-state index is 0.246. The van der Waals surface area contributed by atoms with E-state index in [0.717, 1.165) is 58.1 Å². The maximum Gasteiger partial charge on any atom is 0.131 e. The van der Waals surface area contributed by atoms with Gasteiger partial charge in [0.1, 0.15) is 5.82 Å². The van der Waals surface area contributed by atoms with Gasteiger partial charge in [-0.15, -0.1) is 0 Å². The van der Waals surface area contributed by atoms with Crippen LogP contribution in [-0.4, -0.2) is 60.9 Å². The second kappa shape index (κ2) is 8.32. The Balaban J connectivity index is 2.00. The van der Waals surface area contributed by atoms with Gasteiger partial charge in [0, 0.05) is 38.9 Å². The lowest BCUT2D eigenvalue weighted by Gasteiger charge is -2.24. The molecule has 0 atom stereocenters. The van der Waals surface area contributed by atoms with Crippen LogP contribution in [0.5, 0.6) is 0 Å². The predicted octanol–water partition coefficient (Wildman–Crippen LogP) is 1.00. The molecule has 1 aliphatic rings. The van der Waals surface area contributed by atoms with Crippen molar-refractivity contribution in [2.24, 2.45) is 0 Å². The van der Waals surface area contributed by atoms with E-state index in [1.807, 2.05) is 6.20 Å². The van der Waals surface area contributed by atoms with Gasteiger partial charge < -0.3 is 15.3 Å². The van der Waals surface area contributed by atoms with Crippen LogP contribution < -0.4 is 10.2 Å². The fraction of sp³-hybridized carbons (Fsp3) is 0.688. The van der Waals surface area contributed by atoms with Gasteiger partial charge in [0.2, 0.25) is 0 Å². The normalized spacial score (nSPS) is 17.0. The van der Waals surface area contributed by atoms with E-state index >= 15 is 0 Å². The summed E-state index contributed by atoms with van der Waals surface area (Å²) in [5.74, 6) is 1.11. The van der Waals surface area contributed by atoms with Crippen LogP contribution >= 0.6 is 0 Å². The van der Waals surface area contributed by atoms with Crippen LogP contribution in [0.1, 0.15) is 24.5 Å². The molecule has 1 aromatic heterocycles. The van der Waals surface area contributed by atoms with Gasteiger partial charge in [0.25, 0.3) is 0 Å². The molecule has 0 saturated carbocycles. The molecule has 2 rings (SSSR count). The number of aliphatic hydroxyl groups is 1. The van der Waals surface area contributed by atoms with E-state index in [-0.39, 0.29) is 6.61 Å². The van der Waals surface area contributed by atoms with Crippen LogP contribution in [-0.2, 0) is 6.54 Å². The van der Waals surface area contributed by atoms with Crippen molar-refractivity contribution in [2.75, 3.05) is 50.8 Å². The van der Waals surface area contributed by atoms with Crippen molar-refractivity contribution in [1.82, 2.24) is 15.2 Å². The van der Waals surface area contributed by atoms with Crippen LogP contribution in [0.15, 0.2) is 12.3 Å². The number of aromatic nitrogens is 1. The second-order valence-corrected chi connectivity index (χ2v) is 5.67. The van der Waals surface area contributed by atoms with Crippen LogP contribution in [0.2, 0.25) is 0 Å². The van der Waals surface area contributed by atoms with Crippen molar-refractivity contribution >= 4 is 5.82 Å². The summed E-state index contributed by atoms with van der Waals surface area (Å²) < 4.78 is 0. The number of aryl methyl sites for hydroxylation is 1. The summed E-state index contributed by atoms with van der Waals surface area (Å²) in [6.07, 6.45) is 3.11. The van der Waals surface area contributed by atoms with Gasteiger partial charge >= 0.3 is 0 Å². The van der Waals surface area contributed by atoms with Gasteiger partial charge in [0.05, 0.1) is 6.61 Å². The molecule has 5 heteroatoms. The summed E-state index contributed by atoms with van der Waals surface area (Å²) in [7, 11) is 0. The topological polar surface area (TPSA) is 51.6 Å². The number of hydrogen-bond donors (Lipinski definition) is 2. The Morgan fingerprint density at radius 3 is 2.86 bits per heavy atom. The van der Waals surface area contributed by atoms with Gasteiger partial charge in [-0.2, -0.15) is 0 Å². The molecule has 1 fully saturated rings. The highest BCUT2D eigenvalue weighted by atomic mass is 16.3. The smallest absolute Gasteiger partial charge is 0.131 e. The Kier molecular flexibility index (Phi) is 6.42. The molecule has 118 valence electrons. The highest BCUT2D eigenvalue weighted by Crippen LogP contribution is 2.19. The molecule has 2 heterocycles. The van der Waals surface area contributed by atoms with E-state index in [0.29, 0.717) is 0 Å². The van der Waals surface area contributed by atoms with Gasteiger partial charge in [-0.1, -0.05) is 6.92 Å². The highest BCUT2D eigenvalue weighted by molar-refractivity contribution is 5.47. The van der Waals surface area contributed by atoms with Crippen LogP contribution in [0.3, 0.4) is 0 Å². The molecule has 0 unspecified atom stereocenters. The quantitative estimate of drug-likeness (QED) is 0.819. The first-order valence-electron chi connectivity index (χ1n) is 7.99. The SMILES string of the molecule is CCNCc1cnc(N2CCCN(CCO)CC2)c(C)c1. The number of hydrogen-bond acceptors (Lipinski definition) is 5. The van der Waals surface area contributed by atoms with Gasteiger partial charge in [-0.25, -0.2) is 4.98 Å². The van der Waals surface area contributed by atoms with Crippen molar-refractivity contribution in [1.29, 1.82) is 0 Å². The number of pyridine rings is 1. The standard InChI is InChI=1S/C16H28N4O/c1-3-17-12-15-11-14(2)16(18-13-15)20-6-4-5-19(7-8-20)9-10-21/h11,13,17,21H,3-10,12H2,1-2H3. The zero-order valence-corrected chi connectivity index (χ0v) is 13.3. The van der Waals surface area contributed by atoms with Crippen molar-refractivity contribution in [2.45, 2.75) is 26.8 Å². The summed E-state index contributed by atoms with van der Waals surface area (Å²) in [6, 6.07) is 2.24. The van der Waals surface area contributed by atoms with Crippen LogP contribution in [0.25, 0.3) is 0 Å². The number of anilines is 1. The maximum absolute atomic E-state index is 9.07. The Hall–Kier alpha value is -1.17.